The molecule has 29 heavy (non-hydrogen) atoms. The van der Waals surface area contributed by atoms with E-state index in [1.807, 2.05) is 23.1 Å². The molecule has 2 aromatic carbocycles. The van der Waals surface area contributed by atoms with Gasteiger partial charge >= 0.3 is 6.18 Å². The van der Waals surface area contributed by atoms with Gasteiger partial charge in [-0.2, -0.15) is 13.2 Å². The number of carbonyl (C=O) groups is 1. The number of rotatable bonds is 4. The molecule has 2 heterocycles. The summed E-state index contributed by atoms with van der Waals surface area (Å²) < 4.78 is 39.0. The van der Waals surface area contributed by atoms with Crippen molar-refractivity contribution in [2.45, 2.75) is 30.7 Å². The van der Waals surface area contributed by atoms with Crippen molar-refractivity contribution in [2.24, 2.45) is 0 Å². The third kappa shape index (κ3) is 3.77. The molecule has 5 nitrogen and oxygen atoms in total. The molecule has 0 bridgehead atoms. The zero-order valence-corrected chi connectivity index (χ0v) is 15.5. The minimum absolute atomic E-state index is 0.241. The summed E-state index contributed by atoms with van der Waals surface area (Å²) in [5.41, 5.74) is 0.570. The number of aromatic nitrogens is 2. The summed E-state index contributed by atoms with van der Waals surface area (Å²) in [6, 6.07) is 9.90. The van der Waals surface area contributed by atoms with Gasteiger partial charge in [0, 0.05) is 13.1 Å². The molecule has 3 aromatic rings. The first kappa shape index (κ1) is 19.6. The lowest BCUT2D eigenvalue weighted by Crippen LogP contribution is -2.44. The van der Waals surface area contributed by atoms with E-state index in [4.69, 9.17) is 0 Å². The summed E-state index contributed by atoms with van der Waals surface area (Å²) >= 11 is 0. The van der Waals surface area contributed by atoms with E-state index >= 15 is 0 Å². The molecule has 1 aromatic heterocycles. The standard InChI is InChI=1S/C21H20F3N3O2/c22-21(23,24)16-3-1-2-15(11-16)20(29)6-8-27(9-7-20)19(12-28)14-4-5-17-18(10-14)26-13-25-17/h1-5,10-13,19,29H,6-9H2,(H,25,26). The van der Waals surface area contributed by atoms with Crippen LogP contribution in [-0.4, -0.2) is 39.4 Å². The van der Waals surface area contributed by atoms with E-state index in [0.717, 1.165) is 35.0 Å². The molecule has 1 unspecified atom stereocenters. The highest BCUT2D eigenvalue weighted by Gasteiger charge is 2.38. The van der Waals surface area contributed by atoms with Gasteiger partial charge in [-0.25, -0.2) is 4.98 Å². The van der Waals surface area contributed by atoms with Crippen molar-refractivity contribution in [1.29, 1.82) is 0 Å². The maximum Gasteiger partial charge on any atom is 0.416 e. The lowest BCUT2D eigenvalue weighted by atomic mass is 9.83. The smallest absolute Gasteiger partial charge is 0.385 e. The van der Waals surface area contributed by atoms with Gasteiger partial charge in [0.25, 0.3) is 0 Å². The summed E-state index contributed by atoms with van der Waals surface area (Å²) in [6.07, 6.45) is -1.54. The molecule has 0 aliphatic carbocycles. The number of fused-ring (bicyclic) bond motifs is 1. The zero-order valence-electron chi connectivity index (χ0n) is 15.5. The molecule has 1 atom stereocenters. The first-order chi connectivity index (χ1) is 13.8. The average Bonchev–Trinajstić information content (AvgIpc) is 3.17. The Bertz CT molecular complexity index is 1020. The zero-order chi connectivity index (χ0) is 20.6. The van der Waals surface area contributed by atoms with E-state index in [1.54, 1.807) is 6.33 Å². The number of H-pyrrole nitrogens is 1. The summed E-state index contributed by atoms with van der Waals surface area (Å²) in [7, 11) is 0. The second kappa shape index (κ2) is 7.27. The van der Waals surface area contributed by atoms with Crippen molar-refractivity contribution in [2.75, 3.05) is 13.1 Å². The number of likely N-dealkylation sites (tertiary alicyclic amines) is 1. The third-order valence-electron chi connectivity index (χ3n) is 5.66. The van der Waals surface area contributed by atoms with Gasteiger partial charge in [0.15, 0.2) is 0 Å². The van der Waals surface area contributed by atoms with E-state index in [0.29, 0.717) is 13.1 Å². The quantitative estimate of drug-likeness (QED) is 0.650. The normalized spacial score (nSPS) is 18.6. The van der Waals surface area contributed by atoms with Crippen LogP contribution in [0.4, 0.5) is 13.2 Å². The van der Waals surface area contributed by atoms with Gasteiger partial charge in [-0.1, -0.05) is 18.2 Å². The Kier molecular flexibility index (Phi) is 4.92. The molecule has 8 heteroatoms. The minimum atomic E-state index is -4.46. The van der Waals surface area contributed by atoms with Crippen LogP contribution in [0.25, 0.3) is 11.0 Å². The lowest BCUT2D eigenvalue weighted by molar-refractivity contribution is -0.137. The Balaban J connectivity index is 1.52. The van der Waals surface area contributed by atoms with Crippen LogP contribution in [0.2, 0.25) is 0 Å². The number of imidazole rings is 1. The van der Waals surface area contributed by atoms with Gasteiger partial charge in [0.05, 0.1) is 34.6 Å². The van der Waals surface area contributed by atoms with Crippen LogP contribution in [0, 0.1) is 0 Å². The number of nitrogens with one attached hydrogen (secondary N) is 1. The number of benzene rings is 2. The summed E-state index contributed by atoms with van der Waals surface area (Å²) in [4.78, 5) is 20.9. The predicted octanol–water partition coefficient (Wildman–Crippen LogP) is 3.81. The summed E-state index contributed by atoms with van der Waals surface area (Å²) in [6.45, 7) is 0.772. The number of aromatic amines is 1. The molecule has 1 aliphatic rings. The molecule has 0 saturated carbocycles. The number of nitrogens with zero attached hydrogens (tertiary/aromatic N) is 2. The number of hydrogen-bond donors (Lipinski definition) is 2. The first-order valence-electron chi connectivity index (χ1n) is 9.33. The topological polar surface area (TPSA) is 69.2 Å². The SMILES string of the molecule is O=CC(c1ccc2nc[nH]c2c1)N1CCC(O)(c2cccc(C(F)(F)F)c2)CC1. The van der Waals surface area contributed by atoms with E-state index < -0.39 is 23.4 Å². The van der Waals surface area contributed by atoms with E-state index in [1.165, 1.54) is 12.1 Å². The molecule has 0 radical (unpaired) electrons. The van der Waals surface area contributed by atoms with Crippen molar-refractivity contribution in [1.82, 2.24) is 14.9 Å². The number of aliphatic hydroxyl groups is 1. The Morgan fingerprint density at radius 3 is 2.62 bits per heavy atom. The third-order valence-corrected chi connectivity index (χ3v) is 5.66. The van der Waals surface area contributed by atoms with Crippen LogP contribution >= 0.6 is 0 Å². The number of halogens is 3. The molecule has 0 spiro atoms. The van der Waals surface area contributed by atoms with Crippen LogP contribution in [0.5, 0.6) is 0 Å². The molecular formula is C21H20F3N3O2. The first-order valence-corrected chi connectivity index (χ1v) is 9.33. The Morgan fingerprint density at radius 2 is 1.93 bits per heavy atom. The second-order valence-electron chi connectivity index (χ2n) is 7.41. The average molecular weight is 403 g/mol. The van der Waals surface area contributed by atoms with Crippen LogP contribution in [0.3, 0.4) is 0 Å². The molecule has 1 saturated heterocycles. The van der Waals surface area contributed by atoms with E-state index in [2.05, 4.69) is 9.97 Å². The highest BCUT2D eigenvalue weighted by molar-refractivity contribution is 5.77. The van der Waals surface area contributed by atoms with Crippen LogP contribution in [0.1, 0.15) is 35.6 Å². The van der Waals surface area contributed by atoms with Crippen molar-refractivity contribution < 1.29 is 23.1 Å². The van der Waals surface area contributed by atoms with Crippen LogP contribution < -0.4 is 0 Å². The maximum absolute atomic E-state index is 13.0. The predicted molar refractivity (Wildman–Crippen MR) is 101 cm³/mol. The molecule has 1 fully saturated rings. The van der Waals surface area contributed by atoms with Crippen molar-refractivity contribution in [3.05, 3.63) is 65.5 Å². The van der Waals surface area contributed by atoms with Gasteiger partial charge in [-0.15, -0.1) is 0 Å². The summed E-state index contributed by atoms with van der Waals surface area (Å²) in [5, 5.41) is 11.0. The minimum Gasteiger partial charge on any atom is -0.385 e. The van der Waals surface area contributed by atoms with E-state index in [9.17, 15) is 23.1 Å². The fourth-order valence-electron chi connectivity index (χ4n) is 3.96. The molecule has 2 N–H and O–H groups in total. The lowest BCUT2D eigenvalue weighted by Gasteiger charge is -2.40. The largest absolute Gasteiger partial charge is 0.416 e. The Labute approximate surface area is 165 Å². The van der Waals surface area contributed by atoms with Crippen LogP contribution in [0.15, 0.2) is 48.8 Å². The number of hydrogen-bond acceptors (Lipinski definition) is 4. The fourth-order valence-corrected chi connectivity index (χ4v) is 3.96. The number of carbonyl (C=O) groups excluding carboxylic acids is 1. The van der Waals surface area contributed by atoms with Gasteiger partial charge in [-0.05, 0) is 48.2 Å². The number of alkyl halides is 3. The van der Waals surface area contributed by atoms with E-state index in [-0.39, 0.29) is 18.4 Å². The number of aldehydes is 1. The molecule has 0 amide bonds. The van der Waals surface area contributed by atoms with Gasteiger partial charge in [-0.3, -0.25) is 4.90 Å². The molecule has 4 rings (SSSR count). The highest BCUT2D eigenvalue weighted by Crippen LogP contribution is 2.38. The van der Waals surface area contributed by atoms with Gasteiger partial charge in [0.1, 0.15) is 6.29 Å². The highest BCUT2D eigenvalue weighted by atomic mass is 19.4. The Morgan fingerprint density at radius 1 is 1.17 bits per heavy atom. The summed E-state index contributed by atoms with van der Waals surface area (Å²) in [5.74, 6) is 0. The molecule has 1 aliphatic heterocycles. The second-order valence-corrected chi connectivity index (χ2v) is 7.41. The van der Waals surface area contributed by atoms with Gasteiger partial charge < -0.3 is 14.9 Å². The fraction of sp³-hybridized carbons (Fsp3) is 0.333. The maximum atomic E-state index is 13.0. The Hall–Kier alpha value is -2.71. The number of piperidine rings is 1. The molecule has 152 valence electrons. The molecular weight excluding hydrogens is 383 g/mol. The van der Waals surface area contributed by atoms with Crippen molar-refractivity contribution >= 4 is 17.3 Å². The van der Waals surface area contributed by atoms with Crippen LogP contribution in [-0.2, 0) is 16.6 Å². The van der Waals surface area contributed by atoms with Gasteiger partial charge in [0.2, 0.25) is 0 Å². The van der Waals surface area contributed by atoms with Crippen molar-refractivity contribution in [3.8, 4) is 0 Å². The monoisotopic (exact) mass is 403 g/mol. The van der Waals surface area contributed by atoms with Crippen molar-refractivity contribution in [3.63, 3.8) is 0 Å².